The first-order chi connectivity index (χ1) is 12.6. The Labute approximate surface area is 162 Å². The molecule has 0 radical (unpaired) electrons. The number of likely N-dealkylation sites (N-methyl/N-ethyl adjacent to an activating group) is 1. The maximum atomic E-state index is 12.9. The van der Waals surface area contributed by atoms with Gasteiger partial charge in [0.25, 0.3) is 11.8 Å². The van der Waals surface area contributed by atoms with Crippen LogP contribution in [0.3, 0.4) is 0 Å². The number of hydrogen-bond donors (Lipinski definition) is 2. The zero-order valence-electron chi connectivity index (χ0n) is 14.8. The summed E-state index contributed by atoms with van der Waals surface area (Å²) in [5.41, 5.74) is 0.751. The monoisotopic (exact) mass is 393 g/mol. The number of benzene rings is 1. The zero-order chi connectivity index (χ0) is 18.5. The molecule has 1 aromatic carbocycles. The predicted molar refractivity (Wildman–Crippen MR) is 100 cm³/mol. The van der Waals surface area contributed by atoms with E-state index in [1.54, 1.807) is 24.1 Å². The highest BCUT2D eigenvalue weighted by Gasteiger charge is 2.28. The molecule has 7 nitrogen and oxygen atoms in total. The van der Waals surface area contributed by atoms with E-state index in [9.17, 15) is 14.0 Å². The van der Waals surface area contributed by atoms with Gasteiger partial charge < -0.3 is 15.5 Å². The fourth-order valence-corrected chi connectivity index (χ4v) is 2.83. The number of carbonyl (C=O) groups is 2. The molecule has 0 spiro atoms. The number of rotatable bonds is 5. The van der Waals surface area contributed by atoms with E-state index in [0.29, 0.717) is 6.54 Å². The van der Waals surface area contributed by atoms with Crippen molar-refractivity contribution in [2.24, 2.45) is 0 Å². The van der Waals surface area contributed by atoms with Crippen molar-refractivity contribution in [2.75, 3.05) is 20.1 Å². The van der Waals surface area contributed by atoms with Crippen molar-refractivity contribution in [2.45, 2.75) is 19.0 Å². The average molecular weight is 394 g/mol. The number of hydrogen-bond acceptors (Lipinski definition) is 5. The largest absolute Gasteiger partial charge is 0.347 e. The third kappa shape index (κ3) is 4.99. The Balaban J connectivity index is 0.00000261. The third-order valence-corrected chi connectivity index (χ3v) is 4.38. The summed E-state index contributed by atoms with van der Waals surface area (Å²) in [6, 6.07) is 5.88. The molecule has 1 fully saturated rings. The highest BCUT2D eigenvalue weighted by molar-refractivity contribution is 6.04. The van der Waals surface area contributed by atoms with Crippen LogP contribution >= 0.6 is 12.4 Å². The molecule has 1 saturated heterocycles. The maximum Gasteiger partial charge on any atom is 0.274 e. The number of aromatic nitrogens is 2. The highest BCUT2D eigenvalue weighted by atomic mass is 35.5. The number of halogens is 2. The molecule has 1 aromatic heterocycles. The van der Waals surface area contributed by atoms with Gasteiger partial charge in [0, 0.05) is 38.6 Å². The summed E-state index contributed by atoms with van der Waals surface area (Å²) in [7, 11) is 1.70. The third-order valence-electron chi connectivity index (χ3n) is 4.38. The molecule has 0 bridgehead atoms. The molecule has 144 valence electrons. The van der Waals surface area contributed by atoms with E-state index in [0.717, 1.165) is 18.5 Å². The van der Waals surface area contributed by atoms with E-state index in [1.165, 1.54) is 24.5 Å². The summed E-state index contributed by atoms with van der Waals surface area (Å²) < 4.78 is 12.9. The Kier molecular flexibility index (Phi) is 7.20. The van der Waals surface area contributed by atoms with Gasteiger partial charge in [-0.25, -0.2) is 14.4 Å². The second-order valence-electron chi connectivity index (χ2n) is 6.13. The lowest BCUT2D eigenvalue weighted by Crippen LogP contribution is -2.40. The second-order valence-corrected chi connectivity index (χ2v) is 6.13. The second kappa shape index (κ2) is 9.38. The van der Waals surface area contributed by atoms with Gasteiger partial charge in [-0.05, 0) is 30.7 Å². The first-order valence-corrected chi connectivity index (χ1v) is 8.38. The fraction of sp³-hybridized carbons (Fsp3) is 0.333. The normalized spacial score (nSPS) is 15.7. The molecule has 1 aliphatic rings. The number of nitrogens with zero attached hydrogens (tertiary/aromatic N) is 3. The summed E-state index contributed by atoms with van der Waals surface area (Å²) in [6.45, 7) is 1.77. The lowest BCUT2D eigenvalue weighted by molar-refractivity contribution is 0.0730. The van der Waals surface area contributed by atoms with Gasteiger partial charge in [0.15, 0.2) is 11.4 Å². The molecule has 9 heteroatoms. The molecule has 2 aromatic rings. The molecular weight excluding hydrogens is 373 g/mol. The van der Waals surface area contributed by atoms with Crippen molar-refractivity contribution in [1.82, 2.24) is 25.5 Å². The molecule has 0 aliphatic carbocycles. The van der Waals surface area contributed by atoms with Gasteiger partial charge in [-0.3, -0.25) is 9.59 Å². The van der Waals surface area contributed by atoms with Crippen LogP contribution in [0.1, 0.15) is 33.0 Å². The van der Waals surface area contributed by atoms with Crippen molar-refractivity contribution in [3.8, 4) is 0 Å². The summed E-state index contributed by atoms with van der Waals surface area (Å²) in [5, 5.41) is 5.89. The van der Waals surface area contributed by atoms with Crippen LogP contribution in [-0.4, -0.2) is 52.9 Å². The lowest BCUT2D eigenvalue weighted by atomic mass is 10.2. The molecule has 2 amide bonds. The Morgan fingerprint density at radius 2 is 1.89 bits per heavy atom. The topological polar surface area (TPSA) is 87.2 Å². The van der Waals surface area contributed by atoms with Gasteiger partial charge in [-0.2, -0.15) is 0 Å². The molecule has 0 saturated carbocycles. The predicted octanol–water partition coefficient (Wildman–Crippen LogP) is 1.40. The van der Waals surface area contributed by atoms with Crippen molar-refractivity contribution in [3.63, 3.8) is 0 Å². The Bertz CT molecular complexity index is 797. The average Bonchev–Trinajstić information content (AvgIpc) is 3.21. The van der Waals surface area contributed by atoms with Gasteiger partial charge >= 0.3 is 0 Å². The molecule has 1 unspecified atom stereocenters. The Morgan fingerprint density at radius 3 is 2.52 bits per heavy atom. The fourth-order valence-electron chi connectivity index (χ4n) is 2.83. The van der Waals surface area contributed by atoms with Gasteiger partial charge in [-0.1, -0.05) is 12.1 Å². The number of amides is 2. The molecular formula is C18H21ClFN5O2. The van der Waals surface area contributed by atoms with E-state index in [-0.39, 0.29) is 48.1 Å². The molecule has 2 N–H and O–H groups in total. The lowest BCUT2D eigenvalue weighted by Gasteiger charge is -2.23. The SMILES string of the molecule is CN(C(=O)c1nccnc1C(=O)NCc1ccc(F)cc1)C1CCNC1.Cl. The van der Waals surface area contributed by atoms with Gasteiger partial charge in [0.2, 0.25) is 0 Å². The number of nitrogens with one attached hydrogen (secondary N) is 2. The van der Waals surface area contributed by atoms with Crippen molar-refractivity contribution in [1.29, 1.82) is 0 Å². The minimum Gasteiger partial charge on any atom is -0.347 e. The van der Waals surface area contributed by atoms with Crippen LogP contribution in [0.2, 0.25) is 0 Å². The van der Waals surface area contributed by atoms with Crippen LogP contribution in [-0.2, 0) is 6.54 Å². The maximum absolute atomic E-state index is 12.9. The van der Waals surface area contributed by atoms with E-state index in [2.05, 4.69) is 20.6 Å². The van der Waals surface area contributed by atoms with Crippen LogP contribution in [0.4, 0.5) is 4.39 Å². The summed E-state index contributed by atoms with van der Waals surface area (Å²) >= 11 is 0. The Hall–Kier alpha value is -2.58. The van der Waals surface area contributed by atoms with E-state index in [4.69, 9.17) is 0 Å². The first kappa shape index (κ1) is 20.7. The first-order valence-electron chi connectivity index (χ1n) is 8.38. The van der Waals surface area contributed by atoms with E-state index >= 15 is 0 Å². The molecule has 27 heavy (non-hydrogen) atoms. The minimum atomic E-state index is -0.497. The molecule has 1 aliphatic heterocycles. The van der Waals surface area contributed by atoms with Gasteiger partial charge in [0.1, 0.15) is 5.82 Å². The minimum absolute atomic E-state index is 0. The van der Waals surface area contributed by atoms with Gasteiger partial charge in [-0.15, -0.1) is 12.4 Å². The van der Waals surface area contributed by atoms with Crippen LogP contribution in [0.15, 0.2) is 36.7 Å². The van der Waals surface area contributed by atoms with E-state index in [1.807, 2.05) is 0 Å². The van der Waals surface area contributed by atoms with Crippen LogP contribution in [0, 0.1) is 5.82 Å². The van der Waals surface area contributed by atoms with E-state index < -0.39 is 5.91 Å². The van der Waals surface area contributed by atoms with Crippen LogP contribution in [0.25, 0.3) is 0 Å². The molecule has 2 heterocycles. The van der Waals surface area contributed by atoms with Crippen LogP contribution in [0.5, 0.6) is 0 Å². The standard InChI is InChI=1S/C18H20FN5O2.ClH/c1-24(14-6-7-20-11-14)18(26)16-15(21-8-9-22-16)17(25)23-10-12-2-4-13(19)5-3-12;/h2-5,8-9,14,20H,6-7,10-11H2,1H3,(H,23,25);1H. The van der Waals surface area contributed by atoms with Crippen molar-refractivity contribution in [3.05, 3.63) is 59.4 Å². The quantitative estimate of drug-likeness (QED) is 0.801. The zero-order valence-corrected chi connectivity index (χ0v) is 15.6. The van der Waals surface area contributed by atoms with Crippen LogP contribution < -0.4 is 10.6 Å². The Morgan fingerprint density at radius 1 is 1.22 bits per heavy atom. The van der Waals surface area contributed by atoms with Crippen molar-refractivity contribution >= 4 is 24.2 Å². The summed E-state index contributed by atoms with van der Waals surface area (Å²) in [4.78, 5) is 34.9. The van der Waals surface area contributed by atoms with Gasteiger partial charge in [0.05, 0.1) is 0 Å². The summed E-state index contributed by atoms with van der Waals surface area (Å²) in [5.74, 6) is -1.17. The highest BCUT2D eigenvalue weighted by Crippen LogP contribution is 2.12. The smallest absolute Gasteiger partial charge is 0.274 e. The number of carbonyl (C=O) groups excluding carboxylic acids is 2. The molecule has 1 atom stereocenters. The summed E-state index contributed by atoms with van der Waals surface area (Å²) in [6.07, 6.45) is 3.63. The molecule has 3 rings (SSSR count). The van der Waals surface area contributed by atoms with Crippen molar-refractivity contribution < 1.29 is 14.0 Å².